The molecule has 0 saturated carbocycles. The van der Waals surface area contributed by atoms with Crippen LogP contribution in [0.1, 0.15) is 18.5 Å². The minimum atomic E-state index is 0. The van der Waals surface area contributed by atoms with Crippen molar-refractivity contribution in [3.63, 3.8) is 0 Å². The van der Waals surface area contributed by atoms with Crippen LogP contribution in [0.3, 0.4) is 0 Å². The van der Waals surface area contributed by atoms with Gasteiger partial charge in [0.15, 0.2) is 0 Å². The summed E-state index contributed by atoms with van der Waals surface area (Å²) in [5.74, 6) is 0. The van der Waals surface area contributed by atoms with Gasteiger partial charge in [-0.3, -0.25) is 0 Å². The molecule has 1 unspecified atom stereocenters. The highest BCUT2D eigenvalue weighted by molar-refractivity contribution is 5.86. The van der Waals surface area contributed by atoms with Crippen LogP contribution in [0.15, 0.2) is 72.8 Å². The maximum Gasteiger partial charge on any atom is 0.0683 e. The summed E-state index contributed by atoms with van der Waals surface area (Å²) in [4.78, 5) is 2.46. The van der Waals surface area contributed by atoms with Crippen molar-refractivity contribution >= 4 is 28.9 Å². The molecule has 1 heterocycles. The number of hydrogen-bond donors (Lipinski definition) is 1. The van der Waals surface area contributed by atoms with E-state index in [9.17, 15) is 0 Å². The van der Waals surface area contributed by atoms with E-state index in [4.69, 9.17) is 4.74 Å². The largest absolute Gasteiger partial charge is 0.377 e. The van der Waals surface area contributed by atoms with Crippen LogP contribution in [0.2, 0.25) is 0 Å². The molecule has 4 heteroatoms. The number of fused-ring (bicyclic) bond motifs is 1. The molecule has 1 saturated heterocycles. The van der Waals surface area contributed by atoms with Crippen molar-refractivity contribution in [2.45, 2.75) is 19.0 Å². The average molecular weight is 383 g/mol. The van der Waals surface area contributed by atoms with Crippen LogP contribution in [-0.4, -0.2) is 32.3 Å². The molecular formula is C23H27ClN2O. The molecule has 27 heavy (non-hydrogen) atoms. The van der Waals surface area contributed by atoms with Gasteiger partial charge in [0.05, 0.1) is 19.3 Å². The number of hydrogen-bond acceptors (Lipinski definition) is 3. The number of nitrogens with zero attached hydrogens (tertiary/aromatic N) is 1. The normalized spacial score (nSPS) is 18.1. The number of halogens is 1. The Labute approximate surface area is 167 Å². The molecule has 0 aliphatic carbocycles. The molecule has 1 N–H and O–H groups in total. The fourth-order valence-electron chi connectivity index (χ4n) is 3.83. The third-order valence-corrected chi connectivity index (χ3v) is 5.26. The second kappa shape index (κ2) is 9.23. The summed E-state index contributed by atoms with van der Waals surface area (Å²) in [6.45, 7) is 5.66. The van der Waals surface area contributed by atoms with Crippen LogP contribution in [0.25, 0.3) is 10.8 Å². The van der Waals surface area contributed by atoms with E-state index in [-0.39, 0.29) is 12.4 Å². The van der Waals surface area contributed by atoms with Gasteiger partial charge in [-0.2, -0.15) is 0 Å². The average Bonchev–Trinajstić information content (AvgIpc) is 2.72. The molecule has 1 aliphatic rings. The number of para-hydroxylation sites is 1. The second-order valence-electron chi connectivity index (χ2n) is 6.96. The van der Waals surface area contributed by atoms with Crippen LogP contribution in [0.5, 0.6) is 0 Å². The van der Waals surface area contributed by atoms with Crippen LogP contribution in [0, 0.1) is 0 Å². The van der Waals surface area contributed by atoms with Crippen LogP contribution in [0.4, 0.5) is 5.69 Å². The molecule has 0 aromatic heterocycles. The Morgan fingerprint density at radius 1 is 1.00 bits per heavy atom. The molecule has 0 spiro atoms. The summed E-state index contributed by atoms with van der Waals surface area (Å²) in [6.07, 6.45) is 0. The number of morpholine rings is 1. The van der Waals surface area contributed by atoms with Crippen LogP contribution in [-0.2, 0) is 4.74 Å². The summed E-state index contributed by atoms with van der Waals surface area (Å²) in [6, 6.07) is 26.5. The highest BCUT2D eigenvalue weighted by Crippen LogP contribution is 2.25. The SMILES string of the molecule is C[C@@H](NCC1COCCN1c1ccccc1)c1cccc2ccccc12.Cl. The van der Waals surface area contributed by atoms with Gasteiger partial charge in [-0.1, -0.05) is 60.7 Å². The number of benzene rings is 3. The fraction of sp³-hybridized carbons (Fsp3) is 0.304. The predicted molar refractivity (Wildman–Crippen MR) is 116 cm³/mol. The molecular weight excluding hydrogens is 356 g/mol. The van der Waals surface area contributed by atoms with Crippen LogP contribution < -0.4 is 10.2 Å². The number of rotatable bonds is 5. The maximum atomic E-state index is 5.76. The molecule has 3 aromatic carbocycles. The molecule has 2 atom stereocenters. The molecule has 3 nitrogen and oxygen atoms in total. The standard InChI is InChI=1S/C23H26N2O.ClH/c1-18(22-13-7-9-19-8-5-6-12-23(19)22)24-16-21-17-26-15-14-25(21)20-10-3-2-4-11-20;/h2-13,18,21,24H,14-17H2,1H3;1H/t18-,21?;/m1./s1. The topological polar surface area (TPSA) is 24.5 Å². The Balaban J connectivity index is 0.00000210. The Morgan fingerprint density at radius 2 is 1.74 bits per heavy atom. The Bertz CT molecular complexity index is 850. The monoisotopic (exact) mass is 382 g/mol. The first-order valence-corrected chi connectivity index (χ1v) is 9.43. The smallest absolute Gasteiger partial charge is 0.0683 e. The zero-order chi connectivity index (χ0) is 17.8. The molecule has 142 valence electrons. The van der Waals surface area contributed by atoms with E-state index in [0.29, 0.717) is 12.1 Å². The third kappa shape index (κ3) is 4.44. The first-order chi connectivity index (χ1) is 12.8. The summed E-state index contributed by atoms with van der Waals surface area (Å²) >= 11 is 0. The maximum absolute atomic E-state index is 5.76. The van der Waals surface area contributed by atoms with E-state index in [1.165, 1.54) is 22.0 Å². The molecule has 4 rings (SSSR count). The van der Waals surface area contributed by atoms with Crippen molar-refractivity contribution in [3.05, 3.63) is 78.4 Å². The lowest BCUT2D eigenvalue weighted by atomic mass is 9.99. The minimum absolute atomic E-state index is 0. The Hall–Kier alpha value is -2.07. The predicted octanol–water partition coefficient (Wildman–Crippen LogP) is 4.82. The van der Waals surface area contributed by atoms with Crippen molar-refractivity contribution in [1.82, 2.24) is 5.32 Å². The first-order valence-electron chi connectivity index (χ1n) is 9.43. The van der Waals surface area contributed by atoms with Crippen molar-refractivity contribution in [1.29, 1.82) is 0 Å². The zero-order valence-electron chi connectivity index (χ0n) is 15.7. The highest BCUT2D eigenvalue weighted by Gasteiger charge is 2.23. The van der Waals surface area contributed by atoms with Gasteiger partial charge in [0.1, 0.15) is 0 Å². The number of anilines is 1. The lowest BCUT2D eigenvalue weighted by molar-refractivity contribution is 0.0930. The van der Waals surface area contributed by atoms with E-state index in [1.807, 2.05) is 0 Å². The fourth-order valence-corrected chi connectivity index (χ4v) is 3.83. The van der Waals surface area contributed by atoms with Crippen molar-refractivity contribution in [2.75, 3.05) is 31.2 Å². The van der Waals surface area contributed by atoms with Crippen molar-refractivity contribution in [2.24, 2.45) is 0 Å². The van der Waals surface area contributed by atoms with E-state index in [1.54, 1.807) is 0 Å². The third-order valence-electron chi connectivity index (χ3n) is 5.26. The summed E-state index contributed by atoms with van der Waals surface area (Å²) in [5, 5.41) is 6.36. The quantitative estimate of drug-likeness (QED) is 0.684. The van der Waals surface area contributed by atoms with Gasteiger partial charge in [0.25, 0.3) is 0 Å². The van der Waals surface area contributed by atoms with Crippen molar-refractivity contribution in [3.8, 4) is 0 Å². The minimum Gasteiger partial charge on any atom is -0.377 e. The lowest BCUT2D eigenvalue weighted by Gasteiger charge is -2.38. The molecule has 0 amide bonds. The molecule has 0 radical (unpaired) electrons. The van der Waals surface area contributed by atoms with E-state index in [0.717, 1.165) is 26.3 Å². The van der Waals surface area contributed by atoms with Gasteiger partial charge < -0.3 is 15.0 Å². The number of nitrogens with one attached hydrogen (secondary N) is 1. The van der Waals surface area contributed by atoms with Gasteiger partial charge in [-0.15, -0.1) is 12.4 Å². The molecule has 3 aromatic rings. The zero-order valence-corrected chi connectivity index (χ0v) is 16.5. The summed E-state index contributed by atoms with van der Waals surface area (Å²) < 4.78 is 5.76. The van der Waals surface area contributed by atoms with E-state index >= 15 is 0 Å². The summed E-state index contributed by atoms with van der Waals surface area (Å²) in [7, 11) is 0. The molecule has 1 fully saturated rings. The molecule has 1 aliphatic heterocycles. The van der Waals surface area contributed by atoms with Gasteiger partial charge in [-0.05, 0) is 35.4 Å². The van der Waals surface area contributed by atoms with E-state index in [2.05, 4.69) is 89.9 Å². The lowest BCUT2D eigenvalue weighted by Crippen LogP contribution is -2.50. The van der Waals surface area contributed by atoms with Crippen LogP contribution >= 0.6 is 12.4 Å². The van der Waals surface area contributed by atoms with Gasteiger partial charge >= 0.3 is 0 Å². The van der Waals surface area contributed by atoms with E-state index < -0.39 is 0 Å². The Morgan fingerprint density at radius 3 is 2.59 bits per heavy atom. The van der Waals surface area contributed by atoms with Gasteiger partial charge in [0, 0.05) is 24.8 Å². The highest BCUT2D eigenvalue weighted by atomic mass is 35.5. The van der Waals surface area contributed by atoms with Gasteiger partial charge in [-0.25, -0.2) is 0 Å². The number of ether oxygens (including phenoxy) is 1. The molecule has 0 bridgehead atoms. The first kappa shape index (κ1) is 19.7. The van der Waals surface area contributed by atoms with Gasteiger partial charge in [0.2, 0.25) is 0 Å². The summed E-state index contributed by atoms with van der Waals surface area (Å²) in [5.41, 5.74) is 2.63. The second-order valence-corrected chi connectivity index (χ2v) is 6.96. The Kier molecular flexibility index (Phi) is 6.73. The van der Waals surface area contributed by atoms with Crippen molar-refractivity contribution < 1.29 is 4.74 Å².